The number of carbonyl (C=O) groups excluding carboxylic acids is 1. The lowest BCUT2D eigenvalue weighted by Crippen LogP contribution is -2.41. The maximum atomic E-state index is 11.4. The van der Waals surface area contributed by atoms with Gasteiger partial charge in [-0.2, -0.15) is 5.10 Å². The van der Waals surface area contributed by atoms with Crippen molar-refractivity contribution in [2.24, 2.45) is 0 Å². The number of ether oxygens (including phenoxy) is 1. The van der Waals surface area contributed by atoms with Crippen molar-refractivity contribution >= 4 is 11.8 Å². The number of carbonyl (C=O) groups is 1. The van der Waals surface area contributed by atoms with Crippen molar-refractivity contribution in [3.8, 4) is 0 Å². The number of hydrogen-bond acceptors (Lipinski definition) is 5. The average Bonchev–Trinajstić information content (AvgIpc) is 2.40. The Morgan fingerprint density at radius 3 is 3.18 bits per heavy atom. The summed E-state index contributed by atoms with van der Waals surface area (Å²) in [4.78, 5) is 13.5. The predicted octanol–water partition coefficient (Wildman–Crippen LogP) is 1.40. The number of hydrogen-bond donors (Lipinski definition) is 0. The molecule has 0 saturated carbocycles. The van der Waals surface area contributed by atoms with E-state index in [0.29, 0.717) is 6.42 Å². The van der Waals surface area contributed by atoms with Gasteiger partial charge in [0.1, 0.15) is 0 Å². The van der Waals surface area contributed by atoms with Crippen LogP contribution in [0, 0.1) is 0 Å². The van der Waals surface area contributed by atoms with Gasteiger partial charge in [-0.15, -0.1) is 5.10 Å². The van der Waals surface area contributed by atoms with Crippen LogP contribution in [0.25, 0.3) is 0 Å². The quantitative estimate of drug-likeness (QED) is 0.741. The van der Waals surface area contributed by atoms with E-state index in [0.717, 1.165) is 31.6 Å². The third-order valence-electron chi connectivity index (χ3n) is 3.11. The fourth-order valence-corrected chi connectivity index (χ4v) is 2.24. The van der Waals surface area contributed by atoms with Crippen molar-refractivity contribution in [2.45, 2.75) is 31.7 Å². The zero-order valence-electron chi connectivity index (χ0n) is 10.0. The average molecular weight is 235 g/mol. The summed E-state index contributed by atoms with van der Waals surface area (Å²) in [6, 6.07) is 3.99. The van der Waals surface area contributed by atoms with E-state index in [4.69, 9.17) is 4.74 Å². The van der Waals surface area contributed by atoms with E-state index in [-0.39, 0.29) is 12.0 Å². The molecule has 2 heterocycles. The second kappa shape index (κ2) is 5.61. The summed E-state index contributed by atoms with van der Waals surface area (Å²) in [6.45, 7) is 0.931. The van der Waals surface area contributed by atoms with Gasteiger partial charge in [0.15, 0.2) is 5.82 Å². The largest absolute Gasteiger partial charge is 0.469 e. The molecule has 0 radical (unpaired) electrons. The summed E-state index contributed by atoms with van der Waals surface area (Å²) in [7, 11) is 1.43. The van der Waals surface area contributed by atoms with Crippen LogP contribution in [0.2, 0.25) is 0 Å². The van der Waals surface area contributed by atoms with E-state index in [2.05, 4.69) is 15.1 Å². The van der Waals surface area contributed by atoms with E-state index in [1.165, 1.54) is 7.11 Å². The fourth-order valence-electron chi connectivity index (χ4n) is 2.24. The molecule has 5 heteroatoms. The lowest BCUT2D eigenvalue weighted by atomic mass is 9.99. The summed E-state index contributed by atoms with van der Waals surface area (Å²) in [5.41, 5.74) is 0. The van der Waals surface area contributed by atoms with Gasteiger partial charge in [0, 0.05) is 18.8 Å². The van der Waals surface area contributed by atoms with Crippen LogP contribution in [0.1, 0.15) is 25.7 Å². The molecule has 17 heavy (non-hydrogen) atoms. The first kappa shape index (κ1) is 11.8. The number of rotatable bonds is 3. The molecule has 0 bridgehead atoms. The Balaban J connectivity index is 2.09. The molecule has 2 rings (SSSR count). The smallest absolute Gasteiger partial charge is 0.307 e. The SMILES string of the molecule is COC(=O)CC1CCCCN1c1cccnn1. The van der Waals surface area contributed by atoms with Gasteiger partial charge in [-0.3, -0.25) is 4.79 Å². The normalized spacial score (nSPS) is 20.1. The van der Waals surface area contributed by atoms with Crippen molar-refractivity contribution in [1.82, 2.24) is 10.2 Å². The van der Waals surface area contributed by atoms with Crippen LogP contribution in [-0.4, -0.2) is 35.9 Å². The van der Waals surface area contributed by atoms with Gasteiger partial charge in [0.05, 0.1) is 13.5 Å². The molecule has 1 saturated heterocycles. The molecule has 0 spiro atoms. The summed E-state index contributed by atoms with van der Waals surface area (Å²) >= 11 is 0. The van der Waals surface area contributed by atoms with Gasteiger partial charge >= 0.3 is 5.97 Å². The summed E-state index contributed by atoms with van der Waals surface area (Å²) in [5.74, 6) is 0.687. The molecule has 0 aliphatic carbocycles. The molecule has 0 N–H and O–H groups in total. The summed E-state index contributed by atoms with van der Waals surface area (Å²) in [5, 5.41) is 8.00. The summed E-state index contributed by atoms with van der Waals surface area (Å²) < 4.78 is 4.74. The predicted molar refractivity (Wildman–Crippen MR) is 63.7 cm³/mol. The molecule has 92 valence electrons. The Labute approximate surface area is 101 Å². The lowest BCUT2D eigenvalue weighted by Gasteiger charge is -2.35. The molecule has 1 aliphatic rings. The standard InChI is InChI=1S/C12H17N3O2/c1-17-12(16)9-10-5-2-3-8-15(10)11-6-4-7-13-14-11/h4,6-7,10H,2-3,5,8-9H2,1H3. The maximum absolute atomic E-state index is 11.4. The number of anilines is 1. The molecule has 1 aliphatic heterocycles. The van der Waals surface area contributed by atoms with E-state index in [1.54, 1.807) is 6.20 Å². The van der Waals surface area contributed by atoms with Crippen LogP contribution in [0.5, 0.6) is 0 Å². The number of esters is 1. The lowest BCUT2D eigenvalue weighted by molar-refractivity contribution is -0.141. The number of nitrogens with zero attached hydrogens (tertiary/aromatic N) is 3. The van der Waals surface area contributed by atoms with Crippen molar-refractivity contribution in [3.05, 3.63) is 18.3 Å². The van der Waals surface area contributed by atoms with Crippen molar-refractivity contribution in [3.63, 3.8) is 0 Å². The second-order valence-corrected chi connectivity index (χ2v) is 4.21. The van der Waals surface area contributed by atoms with Crippen LogP contribution in [0.15, 0.2) is 18.3 Å². The highest BCUT2D eigenvalue weighted by Crippen LogP contribution is 2.24. The third kappa shape index (κ3) is 2.93. The highest BCUT2D eigenvalue weighted by atomic mass is 16.5. The van der Waals surface area contributed by atoms with Crippen molar-refractivity contribution in [2.75, 3.05) is 18.6 Å². The monoisotopic (exact) mass is 235 g/mol. The Bertz CT molecular complexity index is 369. The van der Waals surface area contributed by atoms with Crippen LogP contribution < -0.4 is 4.90 Å². The molecule has 1 unspecified atom stereocenters. The highest BCUT2D eigenvalue weighted by molar-refractivity contribution is 5.70. The zero-order chi connectivity index (χ0) is 12.1. The highest BCUT2D eigenvalue weighted by Gasteiger charge is 2.26. The van der Waals surface area contributed by atoms with Crippen LogP contribution >= 0.6 is 0 Å². The number of aromatic nitrogens is 2. The first-order valence-electron chi connectivity index (χ1n) is 5.92. The first-order chi connectivity index (χ1) is 8.31. The molecule has 1 aromatic heterocycles. The van der Waals surface area contributed by atoms with Crippen LogP contribution in [0.3, 0.4) is 0 Å². The van der Waals surface area contributed by atoms with Gasteiger partial charge in [0.25, 0.3) is 0 Å². The second-order valence-electron chi connectivity index (χ2n) is 4.21. The minimum atomic E-state index is -0.161. The molecular weight excluding hydrogens is 218 g/mol. The maximum Gasteiger partial charge on any atom is 0.307 e. The molecule has 1 aromatic rings. The first-order valence-corrected chi connectivity index (χ1v) is 5.92. The molecular formula is C12H17N3O2. The van der Waals surface area contributed by atoms with Gasteiger partial charge in [-0.1, -0.05) is 0 Å². The van der Waals surface area contributed by atoms with Gasteiger partial charge in [-0.05, 0) is 31.4 Å². The van der Waals surface area contributed by atoms with Crippen LogP contribution in [-0.2, 0) is 9.53 Å². The van der Waals surface area contributed by atoms with Crippen molar-refractivity contribution < 1.29 is 9.53 Å². The Hall–Kier alpha value is -1.65. The molecule has 5 nitrogen and oxygen atoms in total. The van der Waals surface area contributed by atoms with Crippen LogP contribution in [0.4, 0.5) is 5.82 Å². The zero-order valence-corrected chi connectivity index (χ0v) is 10.0. The number of methoxy groups -OCH3 is 1. The topological polar surface area (TPSA) is 55.3 Å². The summed E-state index contributed by atoms with van der Waals surface area (Å²) in [6.07, 6.45) is 5.37. The fraction of sp³-hybridized carbons (Fsp3) is 0.583. The third-order valence-corrected chi connectivity index (χ3v) is 3.11. The minimum absolute atomic E-state index is 0.161. The van der Waals surface area contributed by atoms with Gasteiger partial charge in [-0.25, -0.2) is 0 Å². The van der Waals surface area contributed by atoms with E-state index < -0.39 is 0 Å². The van der Waals surface area contributed by atoms with Gasteiger partial charge in [0.2, 0.25) is 0 Å². The van der Waals surface area contributed by atoms with Gasteiger partial charge < -0.3 is 9.64 Å². The van der Waals surface area contributed by atoms with E-state index >= 15 is 0 Å². The Kier molecular flexibility index (Phi) is 3.90. The Morgan fingerprint density at radius 1 is 1.59 bits per heavy atom. The van der Waals surface area contributed by atoms with Crippen molar-refractivity contribution in [1.29, 1.82) is 0 Å². The minimum Gasteiger partial charge on any atom is -0.469 e. The molecule has 0 amide bonds. The van der Waals surface area contributed by atoms with E-state index in [1.807, 2.05) is 12.1 Å². The molecule has 0 aromatic carbocycles. The molecule has 1 atom stereocenters. The Morgan fingerprint density at radius 2 is 2.47 bits per heavy atom. The van der Waals surface area contributed by atoms with E-state index in [9.17, 15) is 4.79 Å². The molecule has 1 fully saturated rings. The number of piperidine rings is 1.